The molecule has 5 aliphatic rings. The highest BCUT2D eigenvalue weighted by molar-refractivity contribution is 5.93. The summed E-state index contributed by atoms with van der Waals surface area (Å²) in [5.41, 5.74) is 6.83. The fourth-order valence-corrected chi connectivity index (χ4v) is 11.2. The summed E-state index contributed by atoms with van der Waals surface area (Å²) in [5.74, 6) is -1.49. The van der Waals surface area contributed by atoms with Gasteiger partial charge in [0.25, 0.3) is 11.5 Å². The lowest BCUT2D eigenvalue weighted by atomic mass is 9.81. The number of hydrogen-bond donors (Lipinski definition) is 4. The molecule has 0 saturated carbocycles. The minimum absolute atomic E-state index is 0.0499. The zero-order valence-corrected chi connectivity index (χ0v) is 37.0. The van der Waals surface area contributed by atoms with Crippen LogP contribution < -0.4 is 16.6 Å². The lowest BCUT2D eigenvalue weighted by molar-refractivity contribution is -0.148. The highest BCUT2D eigenvalue weighted by Crippen LogP contribution is 2.46. The second-order valence-corrected chi connectivity index (χ2v) is 18.4. The van der Waals surface area contributed by atoms with Gasteiger partial charge in [0.05, 0.1) is 52.2 Å². The summed E-state index contributed by atoms with van der Waals surface area (Å²) in [5, 5.41) is 30.9. The molecule has 17 nitrogen and oxygen atoms in total. The predicted octanol–water partition coefficient (Wildman–Crippen LogP) is 5.13. The molecular formula is C49H47FN8O9. The number of aromatic hydroxyl groups is 2. The van der Waals surface area contributed by atoms with E-state index in [4.69, 9.17) is 14.5 Å². The zero-order valence-electron chi connectivity index (χ0n) is 37.0. The maximum Gasteiger partial charge on any atom is 0.408 e. The number of carbonyl (C=O) groups is 3. The van der Waals surface area contributed by atoms with Gasteiger partial charge in [-0.3, -0.25) is 19.3 Å². The molecule has 6 aromatic rings. The number of ether oxygens (including phenoxy) is 2. The van der Waals surface area contributed by atoms with Crippen LogP contribution in [0.2, 0.25) is 0 Å². The van der Waals surface area contributed by atoms with Crippen LogP contribution in [0.5, 0.6) is 11.5 Å². The van der Waals surface area contributed by atoms with Crippen molar-refractivity contribution in [1.29, 1.82) is 0 Å². The Hall–Kier alpha value is -7.34. The predicted molar refractivity (Wildman–Crippen MR) is 240 cm³/mol. The van der Waals surface area contributed by atoms with Crippen molar-refractivity contribution in [3.63, 3.8) is 0 Å². The first-order chi connectivity index (χ1) is 32.3. The Balaban J connectivity index is 0.766. The van der Waals surface area contributed by atoms with Gasteiger partial charge in [-0.15, -0.1) is 0 Å². The molecule has 3 aromatic heterocycles. The number of carbonyl (C=O) groups excluding carboxylic acids is 3. The molecule has 1 aliphatic carbocycles. The molecule has 18 heteroatoms. The van der Waals surface area contributed by atoms with Crippen LogP contribution in [0.15, 0.2) is 58.1 Å². The van der Waals surface area contributed by atoms with Gasteiger partial charge in [-0.05, 0) is 103 Å². The smallest absolute Gasteiger partial charge is 0.408 e. The Morgan fingerprint density at radius 2 is 1.81 bits per heavy atom. The van der Waals surface area contributed by atoms with Crippen LogP contribution in [-0.4, -0.2) is 94.6 Å². The normalized spacial score (nSPS) is 20.4. The number of phenolic OH excluding ortho intramolecular Hbond substituents is 2. The summed E-state index contributed by atoms with van der Waals surface area (Å²) in [6.07, 6.45) is 1.39. The van der Waals surface area contributed by atoms with Gasteiger partial charge in [0, 0.05) is 55.3 Å². The molecule has 67 heavy (non-hydrogen) atoms. The van der Waals surface area contributed by atoms with Crippen molar-refractivity contribution < 1.29 is 38.5 Å². The van der Waals surface area contributed by atoms with E-state index in [1.54, 1.807) is 41.5 Å². The van der Waals surface area contributed by atoms with E-state index < -0.39 is 36.2 Å². The molecule has 2 fully saturated rings. The lowest BCUT2D eigenvalue weighted by Crippen LogP contribution is -2.42. The van der Waals surface area contributed by atoms with Crippen LogP contribution in [0.1, 0.15) is 82.7 Å². The van der Waals surface area contributed by atoms with E-state index in [1.807, 2.05) is 25.1 Å². The Morgan fingerprint density at radius 3 is 2.60 bits per heavy atom. The average Bonchev–Trinajstić information content (AvgIpc) is 4.09. The van der Waals surface area contributed by atoms with E-state index in [9.17, 15) is 34.2 Å². The molecule has 11 rings (SSSR count). The first kappa shape index (κ1) is 42.3. The Kier molecular flexibility index (Phi) is 10.1. The number of aryl methyl sites for hydroxylation is 2. The number of fused-ring (bicyclic) bond motifs is 6. The van der Waals surface area contributed by atoms with Gasteiger partial charge < -0.3 is 34.5 Å². The van der Waals surface area contributed by atoms with Crippen LogP contribution >= 0.6 is 0 Å². The topological polar surface area (TPSA) is 214 Å². The molecule has 0 spiro atoms. The van der Waals surface area contributed by atoms with E-state index in [-0.39, 0.29) is 59.9 Å². The molecule has 7 heterocycles. The molecule has 4 aliphatic heterocycles. The second-order valence-electron chi connectivity index (χ2n) is 18.4. The molecule has 0 radical (unpaired) electrons. The second kappa shape index (κ2) is 15.9. The maximum atomic E-state index is 15.4. The third kappa shape index (κ3) is 6.86. The Morgan fingerprint density at radius 1 is 1.00 bits per heavy atom. The minimum atomic E-state index is -0.768. The lowest BCUT2D eigenvalue weighted by Gasteiger charge is -2.29. The number of benzene rings is 3. The highest BCUT2D eigenvalue weighted by Gasteiger charge is 2.44. The number of amides is 2. The molecule has 344 valence electrons. The highest BCUT2D eigenvalue weighted by atomic mass is 19.1. The van der Waals surface area contributed by atoms with Gasteiger partial charge in [-0.25, -0.2) is 28.6 Å². The molecule has 4 unspecified atom stereocenters. The van der Waals surface area contributed by atoms with E-state index in [2.05, 4.69) is 20.4 Å². The van der Waals surface area contributed by atoms with Gasteiger partial charge >= 0.3 is 17.8 Å². The van der Waals surface area contributed by atoms with Crippen LogP contribution in [0.3, 0.4) is 0 Å². The van der Waals surface area contributed by atoms with E-state index in [0.717, 1.165) is 40.6 Å². The summed E-state index contributed by atoms with van der Waals surface area (Å²) in [4.78, 5) is 75.9. The number of nitrogens with one attached hydrogen (secondary N) is 2. The van der Waals surface area contributed by atoms with Crippen molar-refractivity contribution in [3.05, 3.63) is 120 Å². The average molecular weight is 911 g/mol. The summed E-state index contributed by atoms with van der Waals surface area (Å²) >= 11 is 0. The van der Waals surface area contributed by atoms with Crippen LogP contribution in [0.25, 0.3) is 39.4 Å². The number of likely N-dealkylation sites (tertiary alicyclic amines) is 2. The SMILES string of the molecule is CCC1C(=O)OCc2c1cc1n(c2=O)Cc2c-1nc1cc(F)c(C)c3c1c2C(NC(=O)OCC(=O)N1CCC2CN(Cc4ccc(-n5c(-c6cc(C)c(O)cc6O)n[nH]c5=O)cc4)CC21)CC3. The van der Waals surface area contributed by atoms with Gasteiger partial charge in [0.2, 0.25) is 0 Å². The number of aromatic amines is 1. The summed E-state index contributed by atoms with van der Waals surface area (Å²) in [7, 11) is 0. The fourth-order valence-electron chi connectivity index (χ4n) is 11.2. The summed E-state index contributed by atoms with van der Waals surface area (Å²) in [6.45, 7) is 7.46. The van der Waals surface area contributed by atoms with Crippen molar-refractivity contribution in [2.75, 3.05) is 26.2 Å². The summed E-state index contributed by atoms with van der Waals surface area (Å²) < 4.78 is 29.4. The fraction of sp³-hybridized carbons (Fsp3) is 0.367. The van der Waals surface area contributed by atoms with Crippen molar-refractivity contribution in [2.45, 2.75) is 84.2 Å². The minimum Gasteiger partial charge on any atom is -0.508 e. The van der Waals surface area contributed by atoms with E-state index in [0.29, 0.717) is 89.3 Å². The first-order valence-electron chi connectivity index (χ1n) is 22.6. The van der Waals surface area contributed by atoms with Gasteiger partial charge in [0.1, 0.15) is 23.9 Å². The van der Waals surface area contributed by atoms with Crippen LogP contribution in [0.4, 0.5) is 9.18 Å². The van der Waals surface area contributed by atoms with E-state index >= 15 is 4.39 Å². The zero-order chi connectivity index (χ0) is 46.6. The van der Waals surface area contributed by atoms with Gasteiger partial charge in [-0.1, -0.05) is 19.1 Å². The van der Waals surface area contributed by atoms with Gasteiger partial charge in [-0.2, -0.15) is 5.10 Å². The number of halogens is 1. The molecule has 3 aromatic carbocycles. The van der Waals surface area contributed by atoms with Crippen LogP contribution in [-0.2, 0) is 45.2 Å². The van der Waals surface area contributed by atoms with Crippen molar-refractivity contribution in [2.24, 2.45) is 5.92 Å². The number of aromatic nitrogens is 5. The quantitative estimate of drug-likeness (QED) is 0.146. The van der Waals surface area contributed by atoms with E-state index in [1.165, 1.54) is 16.7 Å². The third-order valence-electron chi connectivity index (χ3n) is 14.6. The number of hydrogen-bond acceptors (Lipinski definition) is 12. The largest absolute Gasteiger partial charge is 0.508 e. The molecule has 0 bridgehead atoms. The molecular weight excluding hydrogens is 864 g/mol. The van der Waals surface area contributed by atoms with Crippen molar-refractivity contribution in [1.82, 2.24) is 39.4 Å². The molecule has 4 N–H and O–H groups in total. The van der Waals surface area contributed by atoms with Gasteiger partial charge in [0.15, 0.2) is 12.4 Å². The standard InChI is InChI=1S/C49H47FN8O9/c1-4-28-30-14-37-44-32(19-57(37)46(62)33(30)21-66-47(28)63)43-35(10-9-29-24(3)34(50)15-36(51-44)42(29)43)52-49(65)67-22-41(61)56-12-11-26-18-55(20-38(26)56)17-25-5-7-27(8-6-25)58-45(53-54-48(58)64)31-13-23(2)39(59)16-40(31)60/h5-8,13-16,26,28,35,38,59-60H,4,9-12,17-22H2,1-3H3,(H,52,65)(H,54,64). The number of rotatable bonds is 8. The monoisotopic (exact) mass is 910 g/mol. The molecule has 4 atom stereocenters. The number of pyridine rings is 2. The number of H-pyrrole nitrogens is 1. The maximum absolute atomic E-state index is 15.4. The van der Waals surface area contributed by atoms with Crippen molar-refractivity contribution >= 4 is 28.9 Å². The Bertz CT molecular complexity index is 3230. The number of nitrogens with zero attached hydrogens (tertiary/aromatic N) is 6. The molecule has 2 amide bonds. The number of esters is 1. The first-order valence-corrected chi connectivity index (χ1v) is 22.6. The third-order valence-corrected chi connectivity index (χ3v) is 14.6. The van der Waals surface area contributed by atoms with Crippen LogP contribution in [0, 0.1) is 25.6 Å². The molecule has 2 saturated heterocycles. The number of phenols is 2. The summed E-state index contributed by atoms with van der Waals surface area (Å²) in [6, 6.07) is 12.8. The Labute approximate surface area is 381 Å². The number of alkyl carbamates (subject to hydrolysis) is 1. The number of cyclic esters (lactones) is 1. The van der Waals surface area contributed by atoms with Crippen molar-refractivity contribution in [3.8, 4) is 40.0 Å².